The van der Waals surface area contributed by atoms with Crippen molar-refractivity contribution in [1.82, 2.24) is 19.9 Å². The Balaban J connectivity index is 1.50. The molecule has 0 fully saturated rings. The quantitative estimate of drug-likeness (QED) is 0.496. The molecule has 0 spiro atoms. The first-order valence-electron chi connectivity index (χ1n) is 8.59. The molecule has 0 radical (unpaired) electrons. The molecule has 0 saturated carbocycles. The van der Waals surface area contributed by atoms with Gasteiger partial charge in [-0.1, -0.05) is 18.2 Å². The molecule has 1 aromatic carbocycles. The number of aromatic nitrogens is 4. The van der Waals surface area contributed by atoms with E-state index in [1.807, 2.05) is 24.3 Å². The first-order chi connectivity index (χ1) is 13.7. The molecular weight excluding hydrogens is 356 g/mol. The molecule has 1 amide bonds. The zero-order valence-electron chi connectivity index (χ0n) is 14.7. The summed E-state index contributed by atoms with van der Waals surface area (Å²) in [5.74, 6) is 0.175. The van der Waals surface area contributed by atoms with Crippen molar-refractivity contribution >= 4 is 28.4 Å². The van der Waals surface area contributed by atoms with Crippen molar-refractivity contribution in [1.29, 1.82) is 0 Å². The number of hydrogen-bond donors (Lipinski definition) is 3. The van der Waals surface area contributed by atoms with E-state index < -0.39 is 5.69 Å². The van der Waals surface area contributed by atoms with Crippen molar-refractivity contribution < 1.29 is 4.79 Å². The fourth-order valence-corrected chi connectivity index (χ4v) is 2.76. The summed E-state index contributed by atoms with van der Waals surface area (Å²) >= 11 is 0. The minimum absolute atomic E-state index is 0.279. The van der Waals surface area contributed by atoms with Gasteiger partial charge < -0.3 is 10.6 Å². The predicted octanol–water partition coefficient (Wildman–Crippen LogP) is 2.58. The molecule has 0 aliphatic carbocycles. The number of anilines is 2. The summed E-state index contributed by atoms with van der Waals surface area (Å²) < 4.78 is 0. The Bertz CT molecular complexity index is 1190. The minimum atomic E-state index is -0.468. The van der Waals surface area contributed by atoms with E-state index in [0.29, 0.717) is 29.4 Å². The van der Waals surface area contributed by atoms with Gasteiger partial charge in [0.25, 0.3) is 5.91 Å². The molecule has 0 aliphatic heterocycles. The average Bonchev–Trinajstić information content (AvgIpc) is 2.73. The van der Waals surface area contributed by atoms with Crippen LogP contribution in [0.1, 0.15) is 16.1 Å². The lowest BCUT2D eigenvalue weighted by Crippen LogP contribution is -2.15. The Labute approximate surface area is 159 Å². The Morgan fingerprint density at radius 2 is 1.89 bits per heavy atom. The number of amides is 1. The number of aromatic amines is 1. The number of hydrogen-bond acceptors (Lipinski definition) is 6. The van der Waals surface area contributed by atoms with E-state index >= 15 is 0 Å². The van der Waals surface area contributed by atoms with Crippen LogP contribution in [0.3, 0.4) is 0 Å². The predicted molar refractivity (Wildman–Crippen MR) is 106 cm³/mol. The van der Waals surface area contributed by atoms with Gasteiger partial charge >= 0.3 is 5.69 Å². The van der Waals surface area contributed by atoms with E-state index in [0.717, 1.165) is 10.9 Å². The molecule has 3 heterocycles. The molecule has 0 atom stereocenters. The normalized spacial score (nSPS) is 10.6. The Morgan fingerprint density at radius 1 is 1.00 bits per heavy atom. The monoisotopic (exact) mass is 372 g/mol. The third-order valence-electron chi connectivity index (χ3n) is 4.04. The van der Waals surface area contributed by atoms with Crippen LogP contribution in [0.15, 0.2) is 71.8 Å². The van der Waals surface area contributed by atoms with Crippen molar-refractivity contribution in [2.75, 3.05) is 10.6 Å². The first-order valence-corrected chi connectivity index (χ1v) is 8.59. The molecule has 28 heavy (non-hydrogen) atoms. The third-order valence-corrected chi connectivity index (χ3v) is 4.04. The van der Waals surface area contributed by atoms with E-state index in [2.05, 4.69) is 30.6 Å². The largest absolute Gasteiger partial charge is 0.365 e. The summed E-state index contributed by atoms with van der Waals surface area (Å²) in [4.78, 5) is 38.7. The van der Waals surface area contributed by atoms with E-state index in [1.54, 1.807) is 42.7 Å². The summed E-state index contributed by atoms with van der Waals surface area (Å²) in [5.41, 5.74) is 1.92. The zero-order chi connectivity index (χ0) is 19.3. The summed E-state index contributed by atoms with van der Waals surface area (Å²) in [6, 6.07) is 16.2. The van der Waals surface area contributed by atoms with Crippen molar-refractivity contribution in [2.24, 2.45) is 0 Å². The Kier molecular flexibility index (Phi) is 4.75. The second-order valence-electron chi connectivity index (χ2n) is 6.01. The van der Waals surface area contributed by atoms with Gasteiger partial charge in [-0.15, -0.1) is 0 Å². The maximum Gasteiger partial charge on any atom is 0.348 e. The highest BCUT2D eigenvalue weighted by Gasteiger charge is 2.08. The van der Waals surface area contributed by atoms with Crippen LogP contribution in [0.25, 0.3) is 11.0 Å². The highest BCUT2D eigenvalue weighted by molar-refractivity contribution is 6.02. The topological polar surface area (TPSA) is 113 Å². The van der Waals surface area contributed by atoms with Crippen LogP contribution < -0.4 is 16.3 Å². The lowest BCUT2D eigenvalue weighted by Gasteiger charge is -2.10. The number of pyridine rings is 2. The number of nitrogens with one attached hydrogen (secondary N) is 3. The van der Waals surface area contributed by atoms with Crippen LogP contribution in [0.4, 0.5) is 11.5 Å². The molecule has 0 saturated heterocycles. The van der Waals surface area contributed by atoms with Gasteiger partial charge in [0.15, 0.2) is 0 Å². The zero-order valence-corrected chi connectivity index (χ0v) is 14.7. The molecular formula is C20H16N6O2. The van der Waals surface area contributed by atoms with Crippen LogP contribution in [-0.4, -0.2) is 25.8 Å². The van der Waals surface area contributed by atoms with E-state index in [4.69, 9.17) is 0 Å². The van der Waals surface area contributed by atoms with Crippen LogP contribution in [0.5, 0.6) is 0 Å². The average molecular weight is 372 g/mol. The molecule has 3 aromatic heterocycles. The number of H-pyrrole nitrogens is 1. The fraction of sp³-hybridized carbons (Fsp3) is 0.0500. The number of benzene rings is 1. The molecule has 8 nitrogen and oxygen atoms in total. The van der Waals surface area contributed by atoms with Crippen LogP contribution in [0.2, 0.25) is 0 Å². The molecule has 0 unspecified atom stereocenters. The number of fused-ring (bicyclic) bond motifs is 1. The van der Waals surface area contributed by atoms with Crippen molar-refractivity contribution in [2.45, 2.75) is 6.54 Å². The number of carbonyl (C=O) groups is 1. The highest BCUT2D eigenvalue weighted by atomic mass is 16.2. The van der Waals surface area contributed by atoms with Gasteiger partial charge in [0, 0.05) is 24.6 Å². The standard InChI is InChI=1S/C20H16N6O2/c27-19(16-8-1-2-9-21-16)24-14-6-3-5-13(11-14)12-23-18-15-7-4-10-22-17(15)25-20(28)26-18/h1-11H,12H2,(H,24,27)(H2,22,23,25,26,28). The lowest BCUT2D eigenvalue weighted by molar-refractivity contribution is 0.102. The van der Waals surface area contributed by atoms with Crippen LogP contribution in [0, 0.1) is 0 Å². The highest BCUT2D eigenvalue weighted by Crippen LogP contribution is 2.17. The van der Waals surface area contributed by atoms with Crippen LogP contribution >= 0.6 is 0 Å². The molecule has 8 heteroatoms. The fourth-order valence-electron chi connectivity index (χ4n) is 2.76. The maximum atomic E-state index is 12.2. The van der Waals surface area contributed by atoms with Gasteiger partial charge in [0.1, 0.15) is 17.2 Å². The van der Waals surface area contributed by atoms with Gasteiger partial charge in [-0.2, -0.15) is 4.98 Å². The molecule has 0 aliphatic rings. The summed E-state index contributed by atoms with van der Waals surface area (Å²) in [6.07, 6.45) is 3.18. The van der Waals surface area contributed by atoms with E-state index in [-0.39, 0.29) is 5.91 Å². The minimum Gasteiger partial charge on any atom is -0.365 e. The molecule has 0 bridgehead atoms. The SMILES string of the molecule is O=C(Nc1cccc(CNc2nc(=O)[nH]c3ncccc23)c1)c1ccccn1. The van der Waals surface area contributed by atoms with E-state index in [9.17, 15) is 9.59 Å². The Hall–Kier alpha value is -4.07. The first kappa shape index (κ1) is 17.3. The Morgan fingerprint density at radius 3 is 2.75 bits per heavy atom. The van der Waals surface area contributed by atoms with E-state index in [1.165, 1.54) is 0 Å². The number of nitrogens with zero attached hydrogens (tertiary/aromatic N) is 3. The van der Waals surface area contributed by atoms with Gasteiger partial charge in [-0.3, -0.25) is 14.8 Å². The molecule has 4 rings (SSSR count). The van der Waals surface area contributed by atoms with Crippen molar-refractivity contribution in [3.05, 3.63) is 88.7 Å². The number of rotatable bonds is 5. The van der Waals surface area contributed by atoms with Crippen molar-refractivity contribution in [3.8, 4) is 0 Å². The number of carbonyl (C=O) groups excluding carboxylic acids is 1. The summed E-state index contributed by atoms with van der Waals surface area (Å²) in [7, 11) is 0. The smallest absolute Gasteiger partial charge is 0.348 e. The van der Waals surface area contributed by atoms with Crippen molar-refractivity contribution in [3.63, 3.8) is 0 Å². The second kappa shape index (κ2) is 7.67. The summed E-state index contributed by atoms with van der Waals surface area (Å²) in [5, 5.41) is 6.71. The van der Waals surface area contributed by atoms with Gasteiger partial charge in [-0.25, -0.2) is 9.78 Å². The summed E-state index contributed by atoms with van der Waals surface area (Å²) in [6.45, 7) is 0.424. The second-order valence-corrected chi connectivity index (χ2v) is 6.01. The molecule has 138 valence electrons. The van der Waals surface area contributed by atoms with Crippen LogP contribution in [-0.2, 0) is 6.54 Å². The van der Waals surface area contributed by atoms with Gasteiger partial charge in [0.05, 0.1) is 5.39 Å². The maximum absolute atomic E-state index is 12.2. The lowest BCUT2D eigenvalue weighted by atomic mass is 10.2. The molecule has 3 N–H and O–H groups in total. The molecule has 4 aromatic rings. The van der Waals surface area contributed by atoms with Gasteiger partial charge in [-0.05, 0) is 42.0 Å². The third kappa shape index (κ3) is 3.85. The van der Waals surface area contributed by atoms with Gasteiger partial charge in [0.2, 0.25) is 0 Å².